The molecular formula is C9H19FO. The van der Waals surface area contributed by atoms with Crippen LogP contribution >= 0.6 is 0 Å². The minimum Gasteiger partial charge on any atom is -0.390 e. The lowest BCUT2D eigenvalue weighted by Crippen LogP contribution is -2.28. The van der Waals surface area contributed by atoms with Crippen LogP contribution in [0.25, 0.3) is 0 Å². The maximum atomic E-state index is 11.9. The van der Waals surface area contributed by atoms with Crippen LogP contribution in [0.1, 0.15) is 46.0 Å². The van der Waals surface area contributed by atoms with Crippen molar-refractivity contribution in [2.75, 3.05) is 6.67 Å². The molecule has 11 heavy (non-hydrogen) atoms. The first-order valence-corrected chi connectivity index (χ1v) is 4.47. The van der Waals surface area contributed by atoms with Gasteiger partial charge in [-0.2, -0.15) is 0 Å². The molecule has 1 unspecified atom stereocenters. The van der Waals surface area contributed by atoms with Gasteiger partial charge in [-0.15, -0.1) is 0 Å². The fraction of sp³-hybridized carbons (Fsp3) is 1.00. The Balaban J connectivity index is 3.68. The molecule has 0 aliphatic heterocycles. The molecule has 1 atom stereocenters. The van der Waals surface area contributed by atoms with E-state index in [1.54, 1.807) is 0 Å². The van der Waals surface area contributed by atoms with Crippen molar-refractivity contribution >= 4 is 0 Å². The minimum atomic E-state index is -0.731. The first-order chi connectivity index (χ1) is 5.18. The Morgan fingerprint density at radius 2 is 1.91 bits per heavy atom. The molecule has 0 bridgehead atoms. The molecule has 0 saturated carbocycles. The third-order valence-corrected chi connectivity index (χ3v) is 2.21. The zero-order valence-electron chi connectivity index (χ0n) is 7.57. The Kier molecular flexibility index (Phi) is 5.47. The molecule has 0 aromatic rings. The van der Waals surface area contributed by atoms with E-state index in [1.807, 2.05) is 6.92 Å². The molecule has 0 amide bonds. The average molecular weight is 162 g/mol. The van der Waals surface area contributed by atoms with Gasteiger partial charge in [0.1, 0.15) is 0 Å². The van der Waals surface area contributed by atoms with Crippen LogP contribution in [0.2, 0.25) is 0 Å². The molecule has 0 aromatic heterocycles. The number of halogens is 1. The van der Waals surface area contributed by atoms with E-state index in [4.69, 9.17) is 0 Å². The van der Waals surface area contributed by atoms with Crippen LogP contribution in [0.5, 0.6) is 0 Å². The van der Waals surface area contributed by atoms with E-state index in [1.165, 1.54) is 0 Å². The number of aliphatic hydroxyl groups is 1. The van der Waals surface area contributed by atoms with Crippen molar-refractivity contribution in [1.29, 1.82) is 0 Å². The van der Waals surface area contributed by atoms with Gasteiger partial charge >= 0.3 is 0 Å². The van der Waals surface area contributed by atoms with Gasteiger partial charge in [0, 0.05) is 6.42 Å². The topological polar surface area (TPSA) is 20.2 Å². The second-order valence-electron chi connectivity index (χ2n) is 3.12. The zero-order valence-corrected chi connectivity index (χ0v) is 7.57. The maximum Gasteiger partial charge on any atom is 0.0921 e. The summed E-state index contributed by atoms with van der Waals surface area (Å²) in [5.41, 5.74) is -0.731. The van der Waals surface area contributed by atoms with Gasteiger partial charge in [0.15, 0.2) is 0 Å². The van der Waals surface area contributed by atoms with E-state index in [0.717, 1.165) is 19.3 Å². The molecule has 0 radical (unpaired) electrons. The Labute approximate surface area is 68.6 Å². The standard InChI is InChI=1S/C9H19FO/c1-3-5-6-9(11,4-2)7-8-10/h11H,3-8H2,1-2H3. The van der Waals surface area contributed by atoms with E-state index in [9.17, 15) is 9.50 Å². The summed E-state index contributed by atoms with van der Waals surface area (Å²) in [5, 5.41) is 9.71. The highest BCUT2D eigenvalue weighted by Crippen LogP contribution is 2.22. The van der Waals surface area contributed by atoms with Crippen LogP contribution in [0.3, 0.4) is 0 Å². The van der Waals surface area contributed by atoms with Crippen molar-refractivity contribution in [2.24, 2.45) is 0 Å². The smallest absolute Gasteiger partial charge is 0.0921 e. The Morgan fingerprint density at radius 3 is 2.27 bits per heavy atom. The number of unbranched alkanes of at least 4 members (excludes halogenated alkanes) is 1. The van der Waals surface area contributed by atoms with Crippen LogP contribution < -0.4 is 0 Å². The summed E-state index contributed by atoms with van der Waals surface area (Å²) in [6.45, 7) is 3.57. The van der Waals surface area contributed by atoms with Crippen LogP contribution in [0.15, 0.2) is 0 Å². The number of rotatable bonds is 6. The van der Waals surface area contributed by atoms with E-state index < -0.39 is 12.3 Å². The lowest BCUT2D eigenvalue weighted by molar-refractivity contribution is 0.0113. The number of hydrogen-bond acceptors (Lipinski definition) is 1. The first-order valence-electron chi connectivity index (χ1n) is 4.47. The largest absolute Gasteiger partial charge is 0.390 e. The summed E-state index contributed by atoms with van der Waals surface area (Å²) in [7, 11) is 0. The van der Waals surface area contributed by atoms with Crippen LogP contribution in [-0.2, 0) is 0 Å². The predicted molar refractivity (Wildman–Crippen MR) is 45.4 cm³/mol. The van der Waals surface area contributed by atoms with Gasteiger partial charge in [0.05, 0.1) is 12.3 Å². The van der Waals surface area contributed by atoms with Crippen molar-refractivity contribution in [3.63, 3.8) is 0 Å². The van der Waals surface area contributed by atoms with Crippen molar-refractivity contribution in [3.05, 3.63) is 0 Å². The van der Waals surface area contributed by atoms with Gasteiger partial charge in [-0.1, -0.05) is 26.7 Å². The second-order valence-corrected chi connectivity index (χ2v) is 3.12. The highest BCUT2D eigenvalue weighted by atomic mass is 19.1. The van der Waals surface area contributed by atoms with Crippen molar-refractivity contribution in [3.8, 4) is 0 Å². The van der Waals surface area contributed by atoms with E-state index in [0.29, 0.717) is 12.8 Å². The molecule has 2 heteroatoms. The van der Waals surface area contributed by atoms with Gasteiger partial charge in [-0.3, -0.25) is 4.39 Å². The fourth-order valence-corrected chi connectivity index (χ4v) is 1.16. The fourth-order valence-electron chi connectivity index (χ4n) is 1.16. The molecule has 0 heterocycles. The van der Waals surface area contributed by atoms with Crippen LogP contribution in [0.4, 0.5) is 4.39 Å². The van der Waals surface area contributed by atoms with Crippen molar-refractivity contribution in [1.82, 2.24) is 0 Å². The molecular weight excluding hydrogens is 143 g/mol. The Bertz CT molecular complexity index is 95.6. The Hall–Kier alpha value is -0.110. The molecule has 68 valence electrons. The quantitative estimate of drug-likeness (QED) is 0.636. The number of hydrogen-bond donors (Lipinski definition) is 1. The summed E-state index contributed by atoms with van der Waals surface area (Å²) in [6, 6.07) is 0. The summed E-state index contributed by atoms with van der Waals surface area (Å²) in [6.07, 6.45) is 3.75. The van der Waals surface area contributed by atoms with E-state index in [2.05, 4.69) is 6.92 Å². The van der Waals surface area contributed by atoms with Gasteiger partial charge < -0.3 is 5.11 Å². The third kappa shape index (κ3) is 4.35. The highest BCUT2D eigenvalue weighted by Gasteiger charge is 2.22. The molecule has 0 rings (SSSR count). The molecule has 0 aliphatic carbocycles. The van der Waals surface area contributed by atoms with Gasteiger partial charge in [0.25, 0.3) is 0 Å². The first kappa shape index (κ1) is 10.9. The van der Waals surface area contributed by atoms with E-state index >= 15 is 0 Å². The molecule has 0 aromatic carbocycles. The normalized spacial score (nSPS) is 16.4. The summed E-state index contributed by atoms with van der Waals surface area (Å²) in [4.78, 5) is 0. The second kappa shape index (κ2) is 5.53. The Morgan fingerprint density at radius 1 is 1.27 bits per heavy atom. The molecule has 1 N–H and O–H groups in total. The summed E-state index contributed by atoms with van der Waals surface area (Å²) >= 11 is 0. The predicted octanol–water partition coefficient (Wildman–Crippen LogP) is 2.68. The summed E-state index contributed by atoms with van der Waals surface area (Å²) in [5.74, 6) is 0. The molecule has 0 aliphatic rings. The van der Waals surface area contributed by atoms with Gasteiger partial charge in [-0.25, -0.2) is 0 Å². The van der Waals surface area contributed by atoms with Crippen molar-refractivity contribution < 1.29 is 9.50 Å². The van der Waals surface area contributed by atoms with Crippen molar-refractivity contribution in [2.45, 2.75) is 51.6 Å². The molecule has 0 spiro atoms. The molecule has 0 fully saturated rings. The summed E-state index contributed by atoms with van der Waals surface area (Å²) < 4.78 is 11.9. The lowest BCUT2D eigenvalue weighted by atomic mass is 9.91. The number of alkyl halides is 1. The maximum absolute atomic E-state index is 11.9. The van der Waals surface area contributed by atoms with Crippen LogP contribution in [-0.4, -0.2) is 17.4 Å². The average Bonchev–Trinajstić information content (AvgIpc) is 2.02. The van der Waals surface area contributed by atoms with Gasteiger partial charge in [0.2, 0.25) is 0 Å². The zero-order chi connectivity index (χ0) is 8.74. The minimum absolute atomic E-state index is 0.295. The SMILES string of the molecule is CCCCC(O)(CC)CCF. The lowest BCUT2D eigenvalue weighted by Gasteiger charge is -2.25. The van der Waals surface area contributed by atoms with E-state index in [-0.39, 0.29) is 0 Å². The molecule has 0 saturated heterocycles. The third-order valence-electron chi connectivity index (χ3n) is 2.21. The monoisotopic (exact) mass is 162 g/mol. The highest BCUT2D eigenvalue weighted by molar-refractivity contribution is 4.75. The van der Waals surface area contributed by atoms with Crippen LogP contribution in [0, 0.1) is 0 Å². The molecule has 1 nitrogen and oxygen atoms in total. The van der Waals surface area contributed by atoms with Gasteiger partial charge in [-0.05, 0) is 12.8 Å².